The van der Waals surface area contributed by atoms with Crippen LogP contribution in [0.4, 0.5) is 5.95 Å². The van der Waals surface area contributed by atoms with Gasteiger partial charge < -0.3 is 9.32 Å². The first-order valence-corrected chi connectivity index (χ1v) is 9.03. The molecule has 0 saturated carbocycles. The molecule has 1 aliphatic rings. The molecular weight excluding hydrogens is 354 g/mol. The third kappa shape index (κ3) is 3.13. The van der Waals surface area contributed by atoms with Crippen molar-refractivity contribution >= 4 is 29.1 Å². The van der Waals surface area contributed by atoms with Crippen LogP contribution in [0.1, 0.15) is 43.8 Å². The Hall–Kier alpha value is -2.94. The normalized spacial score (nSPS) is 16.8. The van der Waals surface area contributed by atoms with Gasteiger partial charge in [-0.05, 0) is 31.0 Å². The number of thiophene rings is 1. The van der Waals surface area contributed by atoms with Crippen molar-refractivity contribution in [3.8, 4) is 0 Å². The Balaban J connectivity index is 1.49. The molecule has 0 radical (unpaired) electrons. The lowest BCUT2D eigenvalue weighted by molar-refractivity contribution is 0.0737. The second kappa shape index (κ2) is 6.75. The first-order valence-electron chi connectivity index (χ1n) is 8.22. The van der Waals surface area contributed by atoms with Crippen molar-refractivity contribution in [2.45, 2.75) is 18.9 Å². The molecule has 26 heavy (non-hydrogen) atoms. The molecular formula is C17H17N5O3S. The molecule has 3 aromatic heterocycles. The summed E-state index contributed by atoms with van der Waals surface area (Å²) in [5.41, 5.74) is 0.549. The van der Waals surface area contributed by atoms with E-state index in [4.69, 9.17) is 4.42 Å². The van der Waals surface area contributed by atoms with Crippen LogP contribution in [0.25, 0.3) is 0 Å². The summed E-state index contributed by atoms with van der Waals surface area (Å²) in [6.45, 7) is 0.700. The van der Waals surface area contributed by atoms with Gasteiger partial charge in [0.15, 0.2) is 0 Å². The maximum absolute atomic E-state index is 12.6. The Bertz CT molecular complexity index is 930. The Morgan fingerprint density at radius 2 is 2.23 bits per heavy atom. The molecule has 0 aliphatic carbocycles. The van der Waals surface area contributed by atoms with Gasteiger partial charge in [-0.3, -0.25) is 19.6 Å². The van der Waals surface area contributed by atoms with Crippen molar-refractivity contribution in [2.75, 3.05) is 11.9 Å². The maximum atomic E-state index is 12.6. The summed E-state index contributed by atoms with van der Waals surface area (Å²) in [5.74, 6) is -0.0263. The first kappa shape index (κ1) is 16.5. The van der Waals surface area contributed by atoms with Crippen LogP contribution in [-0.2, 0) is 7.05 Å². The monoisotopic (exact) mass is 371 g/mol. The molecule has 9 heteroatoms. The van der Waals surface area contributed by atoms with E-state index in [9.17, 15) is 9.59 Å². The third-order valence-corrected chi connectivity index (χ3v) is 5.47. The molecule has 0 bridgehead atoms. The van der Waals surface area contributed by atoms with E-state index in [1.165, 1.54) is 34.9 Å². The number of aryl methyl sites for hydroxylation is 1. The number of hydrogen-bond donors (Lipinski definition) is 1. The molecule has 0 spiro atoms. The summed E-state index contributed by atoms with van der Waals surface area (Å²) < 4.78 is 6.54. The third-order valence-electron chi connectivity index (χ3n) is 4.29. The predicted octanol–water partition coefficient (Wildman–Crippen LogP) is 2.70. The summed E-state index contributed by atoms with van der Waals surface area (Å²) in [7, 11) is 1.73. The average molecular weight is 371 g/mol. The molecule has 1 aliphatic heterocycles. The number of nitrogens with zero attached hydrogens (tertiary/aromatic N) is 4. The largest absolute Gasteiger partial charge is 0.472 e. The van der Waals surface area contributed by atoms with Crippen LogP contribution in [0, 0.1) is 0 Å². The fourth-order valence-electron chi connectivity index (χ4n) is 3.07. The van der Waals surface area contributed by atoms with Gasteiger partial charge in [0.2, 0.25) is 5.95 Å². The van der Waals surface area contributed by atoms with E-state index < -0.39 is 0 Å². The minimum Gasteiger partial charge on any atom is -0.472 e. The highest BCUT2D eigenvalue weighted by atomic mass is 32.1. The Labute approximate surface area is 153 Å². The van der Waals surface area contributed by atoms with E-state index in [1.807, 2.05) is 11.0 Å². The van der Waals surface area contributed by atoms with Gasteiger partial charge in [0.1, 0.15) is 12.6 Å². The van der Waals surface area contributed by atoms with Crippen molar-refractivity contribution in [3.63, 3.8) is 0 Å². The average Bonchev–Trinajstić information content (AvgIpc) is 3.40. The summed E-state index contributed by atoms with van der Waals surface area (Å²) in [4.78, 5) is 32.4. The number of nitrogens with one attached hydrogen (secondary N) is 1. The summed E-state index contributed by atoms with van der Waals surface area (Å²) in [6, 6.07) is 5.34. The van der Waals surface area contributed by atoms with Crippen LogP contribution in [-0.4, -0.2) is 38.0 Å². The van der Waals surface area contributed by atoms with E-state index >= 15 is 0 Å². The Morgan fingerprint density at radius 3 is 2.96 bits per heavy atom. The van der Waals surface area contributed by atoms with Gasteiger partial charge in [-0.15, -0.1) is 16.4 Å². The van der Waals surface area contributed by atoms with Crippen molar-refractivity contribution < 1.29 is 14.0 Å². The van der Waals surface area contributed by atoms with E-state index in [0.717, 1.165) is 17.7 Å². The van der Waals surface area contributed by atoms with E-state index in [0.29, 0.717) is 17.0 Å². The van der Waals surface area contributed by atoms with Crippen molar-refractivity contribution in [1.29, 1.82) is 0 Å². The van der Waals surface area contributed by atoms with Gasteiger partial charge in [-0.25, -0.2) is 4.98 Å². The van der Waals surface area contributed by atoms with Crippen LogP contribution in [0.15, 0.2) is 41.5 Å². The minimum absolute atomic E-state index is 0.0167. The van der Waals surface area contributed by atoms with Gasteiger partial charge in [0, 0.05) is 18.5 Å². The second-order valence-corrected chi connectivity index (χ2v) is 7.18. The molecule has 4 rings (SSSR count). The predicted molar refractivity (Wildman–Crippen MR) is 95.0 cm³/mol. The highest BCUT2D eigenvalue weighted by Gasteiger charge is 2.32. The quantitative estimate of drug-likeness (QED) is 0.761. The molecule has 1 saturated heterocycles. The zero-order valence-electron chi connectivity index (χ0n) is 14.1. The fourth-order valence-corrected chi connectivity index (χ4v) is 4.12. The van der Waals surface area contributed by atoms with Gasteiger partial charge in [0.05, 0.1) is 22.7 Å². The Kier molecular flexibility index (Phi) is 4.29. The summed E-state index contributed by atoms with van der Waals surface area (Å²) >= 11 is 1.39. The topological polar surface area (TPSA) is 93.3 Å². The van der Waals surface area contributed by atoms with Gasteiger partial charge in [-0.1, -0.05) is 0 Å². The molecule has 0 unspecified atom stereocenters. The zero-order valence-corrected chi connectivity index (χ0v) is 14.9. The molecule has 1 fully saturated rings. The number of hydrogen-bond acceptors (Lipinski definition) is 6. The number of rotatable bonds is 4. The van der Waals surface area contributed by atoms with Crippen LogP contribution in [0.2, 0.25) is 0 Å². The molecule has 3 aromatic rings. The minimum atomic E-state index is -0.252. The molecule has 4 heterocycles. The molecule has 134 valence electrons. The van der Waals surface area contributed by atoms with Gasteiger partial charge in [-0.2, -0.15) is 0 Å². The van der Waals surface area contributed by atoms with Crippen LogP contribution in [0.3, 0.4) is 0 Å². The van der Waals surface area contributed by atoms with Crippen LogP contribution < -0.4 is 5.32 Å². The zero-order chi connectivity index (χ0) is 18.1. The smallest absolute Gasteiger partial charge is 0.268 e. The lowest BCUT2D eigenvalue weighted by atomic mass is 10.1. The number of furan rings is 1. The van der Waals surface area contributed by atoms with E-state index in [2.05, 4.69) is 15.4 Å². The highest BCUT2D eigenvalue weighted by molar-refractivity contribution is 7.14. The number of aromatic nitrogens is 3. The van der Waals surface area contributed by atoms with Crippen molar-refractivity contribution in [3.05, 3.63) is 52.4 Å². The maximum Gasteiger partial charge on any atom is 0.268 e. The molecule has 1 atom stereocenters. The van der Waals surface area contributed by atoms with E-state index in [1.54, 1.807) is 19.2 Å². The van der Waals surface area contributed by atoms with Crippen LogP contribution in [0.5, 0.6) is 0 Å². The van der Waals surface area contributed by atoms with Gasteiger partial charge >= 0.3 is 0 Å². The second-order valence-electron chi connectivity index (χ2n) is 6.07. The number of amides is 2. The molecule has 8 nitrogen and oxygen atoms in total. The molecule has 0 aromatic carbocycles. The standard InChI is InChI=1S/C17H17N5O3S/c1-21-10-18-17(20-21)19-15(23)14-5-4-13(26-14)12-3-2-7-22(12)16(24)11-6-8-25-9-11/h4-6,8-10,12H,2-3,7H2,1H3,(H,19,20,23)/t12-/m0/s1. The number of anilines is 1. The highest BCUT2D eigenvalue weighted by Crippen LogP contribution is 2.37. The summed E-state index contributed by atoms with van der Waals surface area (Å²) in [6.07, 6.45) is 6.30. The number of carbonyl (C=O) groups excluding carboxylic acids is 2. The van der Waals surface area contributed by atoms with E-state index in [-0.39, 0.29) is 23.8 Å². The first-order chi connectivity index (χ1) is 12.6. The molecule has 2 amide bonds. The number of carbonyl (C=O) groups is 2. The van der Waals surface area contributed by atoms with Gasteiger partial charge in [0.25, 0.3) is 11.8 Å². The number of likely N-dealkylation sites (tertiary alicyclic amines) is 1. The van der Waals surface area contributed by atoms with Crippen molar-refractivity contribution in [1.82, 2.24) is 19.7 Å². The summed E-state index contributed by atoms with van der Waals surface area (Å²) in [5, 5.41) is 6.72. The van der Waals surface area contributed by atoms with Crippen molar-refractivity contribution in [2.24, 2.45) is 7.05 Å². The SMILES string of the molecule is Cn1cnc(NC(=O)c2ccc([C@@H]3CCCN3C(=O)c3ccoc3)s2)n1. The van der Waals surface area contributed by atoms with Crippen LogP contribution >= 0.6 is 11.3 Å². The lowest BCUT2D eigenvalue weighted by Gasteiger charge is -2.23. The Morgan fingerprint density at radius 1 is 1.35 bits per heavy atom. The molecule has 1 N–H and O–H groups in total. The fraction of sp³-hybridized carbons (Fsp3) is 0.294. The lowest BCUT2D eigenvalue weighted by Crippen LogP contribution is -2.29.